The minimum atomic E-state index is -3.63. The van der Waals surface area contributed by atoms with Crippen molar-refractivity contribution >= 4 is 15.7 Å². The highest BCUT2D eigenvalue weighted by atomic mass is 32.2. The molecule has 1 aromatic heterocycles. The molecule has 0 radical (unpaired) electrons. The largest absolute Gasteiger partial charge is 0.279 e. The number of benzene rings is 1. The molecule has 108 valence electrons. The Morgan fingerprint density at radius 1 is 1.15 bits per heavy atom. The van der Waals surface area contributed by atoms with Crippen molar-refractivity contribution in [3.63, 3.8) is 0 Å². The van der Waals surface area contributed by atoms with Crippen molar-refractivity contribution in [1.29, 1.82) is 0 Å². The topological polar surface area (TPSA) is 64.0 Å². The molecule has 2 aromatic rings. The van der Waals surface area contributed by atoms with Crippen molar-refractivity contribution in [2.75, 3.05) is 4.72 Å². The van der Waals surface area contributed by atoms with Gasteiger partial charge in [-0.25, -0.2) is 8.42 Å². The zero-order chi connectivity index (χ0) is 15.1. The highest BCUT2D eigenvalue weighted by Crippen LogP contribution is 2.25. The van der Waals surface area contributed by atoms with Crippen molar-refractivity contribution in [2.24, 2.45) is 7.05 Å². The Morgan fingerprint density at radius 2 is 1.80 bits per heavy atom. The predicted octanol–water partition coefficient (Wildman–Crippen LogP) is 2.45. The molecule has 6 heteroatoms. The van der Waals surface area contributed by atoms with Gasteiger partial charge >= 0.3 is 0 Å². The summed E-state index contributed by atoms with van der Waals surface area (Å²) >= 11 is 0. The van der Waals surface area contributed by atoms with Gasteiger partial charge in [-0.3, -0.25) is 9.40 Å². The first-order valence-electron chi connectivity index (χ1n) is 6.33. The molecule has 0 atom stereocenters. The summed E-state index contributed by atoms with van der Waals surface area (Å²) < 4.78 is 29.3. The molecule has 0 aliphatic carbocycles. The van der Waals surface area contributed by atoms with E-state index in [1.165, 1.54) is 0 Å². The summed E-state index contributed by atoms with van der Waals surface area (Å²) in [5.74, 6) is 0. The van der Waals surface area contributed by atoms with Crippen molar-refractivity contribution < 1.29 is 8.42 Å². The number of sulfonamides is 1. The summed E-state index contributed by atoms with van der Waals surface area (Å²) in [6.07, 6.45) is 0. The summed E-state index contributed by atoms with van der Waals surface area (Å²) in [4.78, 5) is 0.251. The number of aryl methyl sites for hydroxylation is 3. The zero-order valence-electron chi connectivity index (χ0n) is 12.4. The molecule has 0 unspecified atom stereocenters. The Labute approximate surface area is 119 Å². The van der Waals surface area contributed by atoms with E-state index in [9.17, 15) is 8.42 Å². The lowest BCUT2D eigenvalue weighted by atomic mass is 10.1. The predicted molar refractivity (Wildman–Crippen MR) is 79.4 cm³/mol. The number of anilines is 1. The van der Waals surface area contributed by atoms with Crippen LogP contribution in [-0.4, -0.2) is 18.2 Å². The van der Waals surface area contributed by atoms with Crippen LogP contribution in [0.2, 0.25) is 0 Å². The zero-order valence-corrected chi connectivity index (χ0v) is 13.2. The molecule has 0 bridgehead atoms. The molecule has 0 spiro atoms. The smallest absolute Gasteiger partial charge is 0.265 e. The van der Waals surface area contributed by atoms with Gasteiger partial charge in [-0.15, -0.1) is 0 Å². The maximum absolute atomic E-state index is 12.6. The van der Waals surface area contributed by atoms with E-state index in [0.29, 0.717) is 17.1 Å². The minimum Gasteiger partial charge on any atom is -0.279 e. The number of hydrogen-bond acceptors (Lipinski definition) is 3. The molecule has 0 saturated heterocycles. The molecular weight excluding hydrogens is 274 g/mol. The molecule has 0 amide bonds. The Balaban J connectivity index is 2.49. The number of hydrogen-bond donors (Lipinski definition) is 1. The number of rotatable bonds is 3. The Morgan fingerprint density at radius 3 is 2.35 bits per heavy atom. The number of nitrogens with zero attached hydrogens (tertiary/aromatic N) is 2. The maximum Gasteiger partial charge on any atom is 0.265 e. The van der Waals surface area contributed by atoms with E-state index in [0.717, 1.165) is 11.1 Å². The van der Waals surface area contributed by atoms with Gasteiger partial charge in [-0.05, 0) is 44.9 Å². The lowest BCUT2D eigenvalue weighted by Crippen LogP contribution is -2.15. The van der Waals surface area contributed by atoms with E-state index >= 15 is 0 Å². The van der Waals surface area contributed by atoms with Gasteiger partial charge < -0.3 is 0 Å². The minimum absolute atomic E-state index is 0.251. The van der Waals surface area contributed by atoms with Gasteiger partial charge in [0, 0.05) is 7.05 Å². The summed E-state index contributed by atoms with van der Waals surface area (Å²) in [7, 11) is -1.89. The molecular formula is C14H19N3O2S. The average molecular weight is 293 g/mol. The quantitative estimate of drug-likeness (QED) is 0.945. The summed E-state index contributed by atoms with van der Waals surface area (Å²) in [5, 5.41) is 4.16. The fraction of sp³-hybridized carbons (Fsp3) is 0.357. The highest BCUT2D eigenvalue weighted by Gasteiger charge is 2.24. The van der Waals surface area contributed by atoms with E-state index < -0.39 is 10.0 Å². The van der Waals surface area contributed by atoms with Crippen molar-refractivity contribution in [2.45, 2.75) is 32.6 Å². The van der Waals surface area contributed by atoms with Gasteiger partial charge in [0.1, 0.15) is 4.90 Å². The average Bonchev–Trinajstić information content (AvgIpc) is 2.59. The van der Waals surface area contributed by atoms with Crippen LogP contribution in [0.15, 0.2) is 23.1 Å². The molecule has 0 aliphatic rings. The third-order valence-electron chi connectivity index (χ3n) is 3.56. The molecule has 0 saturated carbocycles. The van der Waals surface area contributed by atoms with Crippen LogP contribution in [0.1, 0.15) is 22.5 Å². The van der Waals surface area contributed by atoms with Gasteiger partial charge in [0.25, 0.3) is 10.0 Å². The summed E-state index contributed by atoms with van der Waals surface area (Å²) in [6, 6.07) is 5.55. The highest BCUT2D eigenvalue weighted by molar-refractivity contribution is 7.92. The second-order valence-electron chi connectivity index (χ2n) is 4.98. The Hall–Kier alpha value is -1.82. The summed E-state index contributed by atoms with van der Waals surface area (Å²) in [6.45, 7) is 7.30. The van der Waals surface area contributed by atoms with Crippen LogP contribution in [0.25, 0.3) is 0 Å². The van der Waals surface area contributed by atoms with E-state index in [2.05, 4.69) is 9.82 Å². The monoisotopic (exact) mass is 293 g/mol. The van der Waals surface area contributed by atoms with E-state index in [1.807, 2.05) is 26.0 Å². The fourth-order valence-corrected chi connectivity index (χ4v) is 3.76. The Kier molecular flexibility index (Phi) is 3.60. The molecule has 20 heavy (non-hydrogen) atoms. The molecule has 0 fully saturated rings. The van der Waals surface area contributed by atoms with Crippen LogP contribution in [0, 0.1) is 27.7 Å². The van der Waals surface area contributed by atoms with Crippen molar-refractivity contribution in [3.8, 4) is 0 Å². The SMILES string of the molecule is Cc1cccc(NS(=O)(=O)c2c(C)nn(C)c2C)c1C. The van der Waals surface area contributed by atoms with E-state index in [1.54, 1.807) is 31.6 Å². The normalized spacial score (nSPS) is 11.7. The van der Waals surface area contributed by atoms with E-state index in [-0.39, 0.29) is 4.90 Å². The van der Waals surface area contributed by atoms with E-state index in [4.69, 9.17) is 0 Å². The van der Waals surface area contributed by atoms with Crippen LogP contribution in [0.4, 0.5) is 5.69 Å². The second-order valence-corrected chi connectivity index (χ2v) is 6.60. The standard InChI is InChI=1S/C14H19N3O2S/c1-9-7-6-8-13(10(9)2)16-20(18,19)14-11(3)15-17(5)12(14)4/h6-8,16H,1-5H3. The molecule has 1 heterocycles. The van der Waals surface area contributed by atoms with Crippen LogP contribution in [0.3, 0.4) is 0 Å². The third-order valence-corrected chi connectivity index (χ3v) is 5.18. The molecule has 1 aromatic carbocycles. The van der Waals surface area contributed by atoms with Gasteiger partial charge in [0.2, 0.25) is 0 Å². The number of nitrogens with one attached hydrogen (secondary N) is 1. The summed E-state index contributed by atoms with van der Waals surface area (Å²) in [5.41, 5.74) is 3.70. The van der Waals surface area contributed by atoms with Crippen LogP contribution in [0.5, 0.6) is 0 Å². The third kappa shape index (κ3) is 2.43. The lowest BCUT2D eigenvalue weighted by Gasteiger charge is -2.12. The first-order valence-corrected chi connectivity index (χ1v) is 7.81. The maximum atomic E-state index is 12.6. The van der Waals surface area contributed by atoms with Crippen LogP contribution < -0.4 is 4.72 Å². The van der Waals surface area contributed by atoms with Crippen LogP contribution >= 0.6 is 0 Å². The van der Waals surface area contributed by atoms with Crippen molar-refractivity contribution in [1.82, 2.24) is 9.78 Å². The van der Waals surface area contributed by atoms with Gasteiger partial charge in [0.05, 0.1) is 17.1 Å². The van der Waals surface area contributed by atoms with Crippen molar-refractivity contribution in [3.05, 3.63) is 40.7 Å². The molecule has 0 aliphatic heterocycles. The van der Waals surface area contributed by atoms with Gasteiger partial charge in [-0.2, -0.15) is 5.10 Å². The second kappa shape index (κ2) is 4.94. The number of aromatic nitrogens is 2. The first-order chi connectivity index (χ1) is 9.24. The first kappa shape index (κ1) is 14.6. The molecule has 2 rings (SSSR count). The molecule has 5 nitrogen and oxygen atoms in total. The Bertz CT molecular complexity index is 761. The fourth-order valence-electron chi connectivity index (χ4n) is 2.20. The van der Waals surface area contributed by atoms with Gasteiger partial charge in [-0.1, -0.05) is 12.1 Å². The molecule has 1 N–H and O–H groups in total. The lowest BCUT2D eigenvalue weighted by molar-refractivity contribution is 0.599. The van der Waals surface area contributed by atoms with Gasteiger partial charge in [0.15, 0.2) is 0 Å². The van der Waals surface area contributed by atoms with Crippen LogP contribution in [-0.2, 0) is 17.1 Å².